The molecule has 1 aromatic carbocycles. The summed E-state index contributed by atoms with van der Waals surface area (Å²) < 4.78 is 15.8. The van der Waals surface area contributed by atoms with E-state index in [-0.39, 0.29) is 31.1 Å². The van der Waals surface area contributed by atoms with Crippen LogP contribution in [0.1, 0.15) is 54.6 Å². The minimum atomic E-state index is -0.736. The molecule has 0 spiro atoms. The lowest BCUT2D eigenvalue weighted by molar-refractivity contribution is -0.0483. The predicted octanol–water partition coefficient (Wildman–Crippen LogP) is 2.44. The molecule has 0 radical (unpaired) electrons. The van der Waals surface area contributed by atoms with Gasteiger partial charge in [-0.3, -0.25) is 18.7 Å². The van der Waals surface area contributed by atoms with Crippen LogP contribution in [0, 0.1) is 23.6 Å². The molecular weight excluding hydrogens is 413 g/mol. The Morgan fingerprint density at radius 3 is 2.12 bits per heavy atom. The Morgan fingerprint density at radius 1 is 0.938 bits per heavy atom. The summed E-state index contributed by atoms with van der Waals surface area (Å²) in [5, 5.41) is 10.9. The molecule has 168 valence electrons. The minimum Gasteiger partial charge on any atom is -0.501 e. The van der Waals surface area contributed by atoms with Crippen LogP contribution in [0.5, 0.6) is 5.75 Å². The molecule has 2 aromatic rings. The summed E-state index contributed by atoms with van der Waals surface area (Å²) >= 11 is 0. The summed E-state index contributed by atoms with van der Waals surface area (Å²) in [5.74, 6) is 0.0493. The fourth-order valence-corrected chi connectivity index (χ4v) is 7.25. The van der Waals surface area contributed by atoms with Crippen LogP contribution in [0.4, 0.5) is 4.39 Å². The van der Waals surface area contributed by atoms with E-state index in [0.29, 0.717) is 17.8 Å². The van der Waals surface area contributed by atoms with Crippen LogP contribution in [0.2, 0.25) is 0 Å². The lowest BCUT2D eigenvalue weighted by Crippen LogP contribution is -2.61. The molecule has 4 fully saturated rings. The Labute approximate surface area is 184 Å². The standard InChI is InChI=1S/C24H26FN3O4/c25-18-3-1-14(2-4-18)13-26-5-6-27-19(21(26)30)20(29)22(31)28(23(27)32)24-10-15-7-16(11-24)9-17(8-15)12-24/h1-4,15-17,29H,5-13H2. The van der Waals surface area contributed by atoms with Crippen molar-refractivity contribution in [2.24, 2.45) is 17.8 Å². The Kier molecular flexibility index (Phi) is 4.20. The normalized spacial score (nSPS) is 30.6. The molecule has 4 aliphatic carbocycles. The van der Waals surface area contributed by atoms with E-state index in [4.69, 9.17) is 0 Å². The topological polar surface area (TPSA) is 84.5 Å². The number of fused-ring (bicyclic) bond motifs is 1. The number of hydrogen-bond donors (Lipinski definition) is 1. The van der Waals surface area contributed by atoms with Crippen LogP contribution in [-0.4, -0.2) is 31.6 Å². The summed E-state index contributed by atoms with van der Waals surface area (Å²) in [6.07, 6.45) is 5.92. The van der Waals surface area contributed by atoms with Gasteiger partial charge in [-0.05, 0) is 74.0 Å². The van der Waals surface area contributed by atoms with Gasteiger partial charge in [0.1, 0.15) is 5.82 Å². The van der Waals surface area contributed by atoms with Gasteiger partial charge in [-0.1, -0.05) is 12.1 Å². The van der Waals surface area contributed by atoms with Crippen LogP contribution >= 0.6 is 0 Å². The number of hydrogen-bond acceptors (Lipinski definition) is 4. The van der Waals surface area contributed by atoms with E-state index < -0.39 is 28.4 Å². The van der Waals surface area contributed by atoms with Crippen molar-refractivity contribution in [3.8, 4) is 5.75 Å². The fourth-order valence-electron chi connectivity index (χ4n) is 7.25. The number of carbonyl (C=O) groups is 1. The largest absolute Gasteiger partial charge is 0.501 e. The summed E-state index contributed by atoms with van der Waals surface area (Å²) in [4.78, 5) is 41.5. The first-order valence-corrected chi connectivity index (χ1v) is 11.5. The zero-order valence-corrected chi connectivity index (χ0v) is 17.8. The number of halogens is 1. The number of amides is 1. The monoisotopic (exact) mass is 439 g/mol. The average Bonchev–Trinajstić information content (AvgIpc) is 2.74. The van der Waals surface area contributed by atoms with Gasteiger partial charge in [-0.15, -0.1) is 0 Å². The highest BCUT2D eigenvalue weighted by Gasteiger charge is 2.53. The van der Waals surface area contributed by atoms with E-state index in [1.54, 1.807) is 12.1 Å². The van der Waals surface area contributed by atoms with Crippen LogP contribution in [0.3, 0.4) is 0 Å². The molecule has 1 aliphatic heterocycles. The Hall–Kier alpha value is -2.90. The first-order chi connectivity index (χ1) is 15.3. The lowest BCUT2D eigenvalue weighted by atomic mass is 9.53. The van der Waals surface area contributed by atoms with Gasteiger partial charge in [-0.25, -0.2) is 9.18 Å². The van der Waals surface area contributed by atoms with E-state index in [0.717, 1.165) is 24.8 Å². The van der Waals surface area contributed by atoms with Crippen molar-refractivity contribution in [2.75, 3.05) is 6.54 Å². The van der Waals surface area contributed by atoms with Crippen molar-refractivity contribution in [3.63, 3.8) is 0 Å². The Balaban J connectivity index is 1.40. The molecule has 1 N–H and O–H groups in total. The summed E-state index contributed by atoms with van der Waals surface area (Å²) in [7, 11) is 0. The van der Waals surface area contributed by atoms with Gasteiger partial charge in [0.05, 0.1) is 5.54 Å². The number of rotatable bonds is 3. The van der Waals surface area contributed by atoms with E-state index >= 15 is 0 Å². The molecule has 1 amide bonds. The molecule has 4 bridgehead atoms. The maximum atomic E-state index is 13.6. The van der Waals surface area contributed by atoms with Gasteiger partial charge < -0.3 is 10.0 Å². The van der Waals surface area contributed by atoms with E-state index in [1.165, 1.54) is 45.4 Å². The lowest BCUT2D eigenvalue weighted by Gasteiger charge is -2.56. The van der Waals surface area contributed by atoms with Gasteiger partial charge in [0, 0.05) is 19.6 Å². The Bertz CT molecular complexity index is 1190. The first-order valence-electron chi connectivity index (χ1n) is 11.5. The Morgan fingerprint density at radius 2 is 1.53 bits per heavy atom. The van der Waals surface area contributed by atoms with Crippen molar-refractivity contribution >= 4 is 5.91 Å². The van der Waals surface area contributed by atoms with Gasteiger partial charge in [0.15, 0.2) is 5.69 Å². The van der Waals surface area contributed by atoms with E-state index in [1.807, 2.05) is 0 Å². The smallest absolute Gasteiger partial charge is 0.332 e. The molecular formula is C24H26FN3O4. The van der Waals surface area contributed by atoms with Gasteiger partial charge in [0.25, 0.3) is 11.5 Å². The van der Waals surface area contributed by atoms with E-state index in [9.17, 15) is 23.9 Å². The van der Waals surface area contributed by atoms with E-state index in [2.05, 4.69) is 0 Å². The van der Waals surface area contributed by atoms with Crippen molar-refractivity contribution in [2.45, 2.75) is 57.2 Å². The zero-order chi connectivity index (χ0) is 22.2. The molecule has 4 saturated carbocycles. The third-order valence-corrected chi connectivity index (χ3v) is 8.17. The summed E-state index contributed by atoms with van der Waals surface area (Å²) in [5.41, 5.74) is -1.23. The molecule has 0 saturated heterocycles. The average molecular weight is 439 g/mol. The second-order valence-electron chi connectivity index (χ2n) is 10.3. The molecule has 2 heterocycles. The fraction of sp³-hybridized carbons (Fsp3) is 0.542. The van der Waals surface area contributed by atoms with Crippen LogP contribution in [0.15, 0.2) is 33.9 Å². The second kappa shape index (κ2) is 6.80. The number of aromatic hydroxyl groups is 1. The van der Waals surface area contributed by atoms with Crippen molar-refractivity contribution in [1.82, 2.24) is 14.0 Å². The third kappa shape index (κ3) is 2.81. The molecule has 5 aliphatic rings. The van der Waals surface area contributed by atoms with Crippen molar-refractivity contribution in [1.29, 1.82) is 0 Å². The van der Waals surface area contributed by atoms with Gasteiger partial charge in [-0.2, -0.15) is 0 Å². The molecule has 0 unspecified atom stereocenters. The van der Waals surface area contributed by atoms with Gasteiger partial charge >= 0.3 is 5.69 Å². The highest BCUT2D eigenvalue weighted by molar-refractivity contribution is 5.95. The van der Waals surface area contributed by atoms with Crippen molar-refractivity contribution < 1.29 is 14.3 Å². The molecule has 0 atom stereocenters. The summed E-state index contributed by atoms with van der Waals surface area (Å²) in [6, 6.07) is 5.83. The highest BCUT2D eigenvalue weighted by Crippen LogP contribution is 2.58. The van der Waals surface area contributed by atoms with Crippen LogP contribution in [-0.2, 0) is 18.6 Å². The maximum Gasteiger partial charge on any atom is 0.332 e. The molecule has 8 heteroatoms. The number of aromatic nitrogens is 2. The molecule has 7 rings (SSSR count). The first kappa shape index (κ1) is 19.8. The summed E-state index contributed by atoms with van der Waals surface area (Å²) in [6.45, 7) is 0.702. The minimum absolute atomic E-state index is 0.210. The SMILES string of the molecule is O=C1c2c(O)c(=O)n(C34CC5CC(CC(C5)C3)C4)c(=O)n2CCN1Cc1ccc(F)cc1. The van der Waals surface area contributed by atoms with Crippen LogP contribution in [0.25, 0.3) is 0 Å². The molecule has 7 nitrogen and oxygen atoms in total. The zero-order valence-electron chi connectivity index (χ0n) is 17.8. The maximum absolute atomic E-state index is 13.6. The predicted molar refractivity (Wildman–Crippen MR) is 114 cm³/mol. The van der Waals surface area contributed by atoms with Gasteiger partial charge in [0.2, 0.25) is 5.75 Å². The molecule has 32 heavy (non-hydrogen) atoms. The van der Waals surface area contributed by atoms with Crippen molar-refractivity contribution in [3.05, 3.63) is 62.2 Å². The number of benzene rings is 1. The third-order valence-electron chi connectivity index (χ3n) is 8.17. The second-order valence-corrected chi connectivity index (χ2v) is 10.3. The quantitative estimate of drug-likeness (QED) is 0.796. The van der Waals surface area contributed by atoms with Crippen LogP contribution < -0.4 is 11.2 Å². The number of nitrogens with zero attached hydrogens (tertiary/aromatic N) is 3. The highest BCUT2D eigenvalue weighted by atomic mass is 19.1. The molecule has 1 aromatic heterocycles. The number of carbonyl (C=O) groups excluding carboxylic acids is 1.